The molecule has 1 aromatic heterocycles. The second-order valence-electron chi connectivity index (χ2n) is 5.69. The van der Waals surface area contributed by atoms with Crippen LogP contribution >= 0.6 is 0 Å². The van der Waals surface area contributed by atoms with Gasteiger partial charge in [0.2, 0.25) is 0 Å². The van der Waals surface area contributed by atoms with E-state index >= 15 is 0 Å². The normalized spacial score (nSPS) is 19.5. The number of piperidine rings is 1. The molecular formula is C17H22N4. The molecule has 0 bridgehead atoms. The first-order chi connectivity index (χ1) is 10.4. The van der Waals surface area contributed by atoms with Crippen molar-refractivity contribution in [2.45, 2.75) is 32.0 Å². The molecule has 1 unspecified atom stereocenters. The van der Waals surface area contributed by atoms with E-state index in [-0.39, 0.29) is 0 Å². The van der Waals surface area contributed by atoms with Gasteiger partial charge >= 0.3 is 0 Å². The maximum Gasteiger partial charge on any atom is 0.115 e. The molecule has 2 aromatic rings. The Morgan fingerprint density at radius 3 is 2.71 bits per heavy atom. The fourth-order valence-electron chi connectivity index (χ4n) is 2.89. The summed E-state index contributed by atoms with van der Waals surface area (Å²) in [6, 6.07) is 11.3. The molecule has 3 rings (SSSR count). The number of aromatic nitrogens is 2. The van der Waals surface area contributed by atoms with Crippen molar-refractivity contribution in [1.82, 2.24) is 20.2 Å². The summed E-state index contributed by atoms with van der Waals surface area (Å²) in [5.41, 5.74) is 2.55. The molecule has 0 aliphatic carbocycles. The number of rotatable bonds is 5. The Bertz CT molecular complexity index is 529. The Hall–Kier alpha value is -1.78. The maximum absolute atomic E-state index is 4.06. The molecule has 1 fully saturated rings. The zero-order valence-electron chi connectivity index (χ0n) is 12.3. The van der Waals surface area contributed by atoms with Crippen molar-refractivity contribution in [2.75, 3.05) is 13.1 Å². The Kier molecular flexibility index (Phi) is 4.92. The van der Waals surface area contributed by atoms with E-state index in [0.717, 1.165) is 25.2 Å². The van der Waals surface area contributed by atoms with Gasteiger partial charge in [0.1, 0.15) is 6.33 Å². The molecule has 1 N–H and O–H groups in total. The highest BCUT2D eigenvalue weighted by molar-refractivity contribution is 5.14. The largest absolute Gasteiger partial charge is 0.309 e. The van der Waals surface area contributed by atoms with Crippen LogP contribution in [0.1, 0.15) is 24.0 Å². The highest BCUT2D eigenvalue weighted by Crippen LogP contribution is 2.14. The average molecular weight is 282 g/mol. The van der Waals surface area contributed by atoms with Gasteiger partial charge in [0.05, 0.1) is 0 Å². The van der Waals surface area contributed by atoms with E-state index in [1.54, 1.807) is 6.33 Å². The molecule has 1 aliphatic rings. The molecule has 1 aromatic carbocycles. The van der Waals surface area contributed by atoms with E-state index in [4.69, 9.17) is 0 Å². The minimum Gasteiger partial charge on any atom is -0.309 e. The van der Waals surface area contributed by atoms with Gasteiger partial charge in [-0.1, -0.05) is 30.3 Å². The predicted octanol–water partition coefficient (Wildman–Crippen LogP) is 2.23. The zero-order valence-corrected chi connectivity index (χ0v) is 12.3. The molecule has 0 amide bonds. The third-order valence-electron chi connectivity index (χ3n) is 3.96. The first-order valence-electron chi connectivity index (χ1n) is 7.64. The van der Waals surface area contributed by atoms with Crippen LogP contribution in [0.3, 0.4) is 0 Å². The molecule has 2 heterocycles. The minimum atomic E-state index is 0.558. The molecule has 4 heteroatoms. The van der Waals surface area contributed by atoms with Gasteiger partial charge in [-0.25, -0.2) is 9.97 Å². The van der Waals surface area contributed by atoms with Gasteiger partial charge in [0.25, 0.3) is 0 Å². The summed E-state index contributed by atoms with van der Waals surface area (Å²) in [6.45, 7) is 4.21. The van der Waals surface area contributed by atoms with Crippen molar-refractivity contribution in [3.05, 3.63) is 60.2 Å². The standard InChI is InChI=1S/C17H22N4/c1-2-5-15(6-3-1)12-21-8-4-7-17(13-21)20-11-16-9-18-14-19-10-16/h1-3,5-6,9-10,14,17,20H,4,7-8,11-13H2. The van der Waals surface area contributed by atoms with E-state index in [2.05, 4.69) is 50.5 Å². The molecule has 1 aliphatic heterocycles. The van der Waals surface area contributed by atoms with Crippen LogP contribution in [0.2, 0.25) is 0 Å². The average Bonchev–Trinajstić information content (AvgIpc) is 2.55. The van der Waals surface area contributed by atoms with Gasteiger partial charge in [0, 0.05) is 43.6 Å². The third kappa shape index (κ3) is 4.34. The van der Waals surface area contributed by atoms with Gasteiger partial charge in [-0.15, -0.1) is 0 Å². The fourth-order valence-corrected chi connectivity index (χ4v) is 2.89. The van der Waals surface area contributed by atoms with Crippen molar-refractivity contribution in [2.24, 2.45) is 0 Å². The summed E-state index contributed by atoms with van der Waals surface area (Å²) < 4.78 is 0. The van der Waals surface area contributed by atoms with Gasteiger partial charge in [-0.05, 0) is 24.9 Å². The summed E-state index contributed by atoms with van der Waals surface area (Å²) in [5, 5.41) is 3.63. The zero-order chi connectivity index (χ0) is 14.3. The molecule has 0 radical (unpaired) electrons. The van der Waals surface area contributed by atoms with Crippen LogP contribution < -0.4 is 5.32 Å². The smallest absolute Gasteiger partial charge is 0.115 e. The van der Waals surface area contributed by atoms with Gasteiger partial charge in [0.15, 0.2) is 0 Å². The lowest BCUT2D eigenvalue weighted by atomic mass is 10.0. The summed E-state index contributed by atoms with van der Waals surface area (Å²) in [5.74, 6) is 0. The van der Waals surface area contributed by atoms with Crippen LogP contribution in [0.5, 0.6) is 0 Å². The molecule has 110 valence electrons. The summed E-state index contributed by atoms with van der Waals surface area (Å²) in [4.78, 5) is 10.7. The Morgan fingerprint density at radius 1 is 1.10 bits per heavy atom. The van der Waals surface area contributed by atoms with Crippen molar-refractivity contribution in [3.63, 3.8) is 0 Å². The Labute approximate surface area is 126 Å². The number of hydrogen-bond acceptors (Lipinski definition) is 4. The number of likely N-dealkylation sites (tertiary alicyclic amines) is 1. The van der Waals surface area contributed by atoms with Crippen molar-refractivity contribution >= 4 is 0 Å². The lowest BCUT2D eigenvalue weighted by Crippen LogP contribution is -2.45. The van der Waals surface area contributed by atoms with E-state index in [1.165, 1.54) is 24.9 Å². The van der Waals surface area contributed by atoms with E-state index in [0.29, 0.717) is 6.04 Å². The van der Waals surface area contributed by atoms with Crippen LogP contribution in [0, 0.1) is 0 Å². The molecule has 1 atom stereocenters. The topological polar surface area (TPSA) is 41.0 Å². The summed E-state index contributed by atoms with van der Waals surface area (Å²) >= 11 is 0. The number of nitrogens with one attached hydrogen (secondary N) is 1. The summed E-state index contributed by atoms with van der Waals surface area (Å²) in [7, 11) is 0. The number of nitrogens with zero attached hydrogens (tertiary/aromatic N) is 3. The molecular weight excluding hydrogens is 260 g/mol. The first-order valence-corrected chi connectivity index (χ1v) is 7.64. The van der Waals surface area contributed by atoms with E-state index in [1.807, 2.05) is 12.4 Å². The van der Waals surface area contributed by atoms with Crippen LogP contribution in [0.15, 0.2) is 49.1 Å². The molecule has 0 spiro atoms. The highest BCUT2D eigenvalue weighted by atomic mass is 15.2. The van der Waals surface area contributed by atoms with E-state index < -0.39 is 0 Å². The van der Waals surface area contributed by atoms with Crippen LogP contribution in [-0.4, -0.2) is 34.0 Å². The predicted molar refractivity (Wildman–Crippen MR) is 83.6 cm³/mol. The van der Waals surface area contributed by atoms with Crippen molar-refractivity contribution in [1.29, 1.82) is 0 Å². The summed E-state index contributed by atoms with van der Waals surface area (Å²) in [6.07, 6.45) is 7.84. The van der Waals surface area contributed by atoms with Gasteiger partial charge in [-0.2, -0.15) is 0 Å². The molecule has 0 saturated carbocycles. The third-order valence-corrected chi connectivity index (χ3v) is 3.96. The first kappa shape index (κ1) is 14.2. The van der Waals surface area contributed by atoms with Crippen molar-refractivity contribution in [3.8, 4) is 0 Å². The molecule has 4 nitrogen and oxygen atoms in total. The lowest BCUT2D eigenvalue weighted by Gasteiger charge is -2.33. The number of benzene rings is 1. The van der Waals surface area contributed by atoms with Gasteiger partial charge < -0.3 is 5.32 Å². The second kappa shape index (κ2) is 7.29. The second-order valence-corrected chi connectivity index (χ2v) is 5.69. The van der Waals surface area contributed by atoms with Crippen LogP contribution in [-0.2, 0) is 13.1 Å². The minimum absolute atomic E-state index is 0.558. The monoisotopic (exact) mass is 282 g/mol. The van der Waals surface area contributed by atoms with Crippen LogP contribution in [0.4, 0.5) is 0 Å². The Balaban J connectivity index is 1.49. The SMILES string of the molecule is c1ccc(CN2CCCC(NCc3cncnc3)C2)cc1. The van der Waals surface area contributed by atoms with E-state index in [9.17, 15) is 0 Å². The highest BCUT2D eigenvalue weighted by Gasteiger charge is 2.19. The number of hydrogen-bond donors (Lipinski definition) is 1. The Morgan fingerprint density at radius 2 is 1.90 bits per heavy atom. The molecule has 21 heavy (non-hydrogen) atoms. The fraction of sp³-hybridized carbons (Fsp3) is 0.412. The maximum atomic E-state index is 4.06. The van der Waals surface area contributed by atoms with Gasteiger partial charge in [-0.3, -0.25) is 4.90 Å². The molecule has 1 saturated heterocycles. The quantitative estimate of drug-likeness (QED) is 0.913. The van der Waals surface area contributed by atoms with Crippen molar-refractivity contribution < 1.29 is 0 Å². The lowest BCUT2D eigenvalue weighted by molar-refractivity contribution is 0.182. The van der Waals surface area contributed by atoms with Crippen LogP contribution in [0.25, 0.3) is 0 Å².